The van der Waals surface area contributed by atoms with Crippen LogP contribution in [0, 0.1) is 0 Å². The van der Waals surface area contributed by atoms with Crippen molar-refractivity contribution < 1.29 is 19.7 Å². The van der Waals surface area contributed by atoms with Gasteiger partial charge in [0, 0.05) is 44.1 Å². The first-order chi connectivity index (χ1) is 12.9. The first-order valence-electron chi connectivity index (χ1n) is 9.05. The Morgan fingerprint density at radius 3 is 2.74 bits per heavy atom. The minimum Gasteiger partial charge on any atom is -0.394 e. The second kappa shape index (κ2) is 12.2. The summed E-state index contributed by atoms with van der Waals surface area (Å²) in [6, 6.07) is 0. The molecule has 2 unspecified atom stereocenters. The van der Waals surface area contributed by atoms with Gasteiger partial charge in [-0.25, -0.2) is 4.79 Å². The lowest BCUT2D eigenvalue weighted by molar-refractivity contribution is -0.116. The Balaban J connectivity index is 2.77. The van der Waals surface area contributed by atoms with E-state index in [2.05, 4.69) is 17.2 Å². The molecule has 2 atom stereocenters. The number of nitrogens with zero attached hydrogens (tertiary/aromatic N) is 1. The van der Waals surface area contributed by atoms with Gasteiger partial charge in [0.2, 0.25) is 5.91 Å². The molecule has 9 heteroatoms. The Bertz CT molecular complexity index is 721. The molecule has 0 aliphatic carbocycles. The van der Waals surface area contributed by atoms with Crippen molar-refractivity contribution in [1.29, 1.82) is 0 Å². The van der Waals surface area contributed by atoms with E-state index >= 15 is 0 Å². The first-order valence-corrected chi connectivity index (χ1v) is 9.05. The Morgan fingerprint density at radius 1 is 1.37 bits per heavy atom. The summed E-state index contributed by atoms with van der Waals surface area (Å²) >= 11 is 0. The summed E-state index contributed by atoms with van der Waals surface area (Å²) in [4.78, 5) is 37.7. The van der Waals surface area contributed by atoms with Gasteiger partial charge in [0.25, 0.3) is 5.56 Å². The second-order valence-corrected chi connectivity index (χ2v) is 6.22. The van der Waals surface area contributed by atoms with Crippen LogP contribution in [0.4, 0.5) is 0 Å². The average molecular weight is 383 g/mol. The number of aromatic nitrogens is 2. The van der Waals surface area contributed by atoms with Crippen LogP contribution in [0.25, 0.3) is 6.20 Å². The number of methoxy groups -OCH3 is 1. The molecule has 0 saturated carbocycles. The zero-order chi connectivity index (χ0) is 20.2. The average Bonchev–Trinajstić information content (AvgIpc) is 2.63. The minimum atomic E-state index is -1.12. The van der Waals surface area contributed by atoms with E-state index in [4.69, 9.17) is 9.84 Å². The van der Waals surface area contributed by atoms with Gasteiger partial charge >= 0.3 is 5.69 Å². The van der Waals surface area contributed by atoms with E-state index in [1.54, 1.807) is 0 Å². The van der Waals surface area contributed by atoms with Gasteiger partial charge in [0.05, 0.1) is 12.7 Å². The molecule has 0 aromatic carbocycles. The monoisotopic (exact) mass is 383 g/mol. The Hall–Kier alpha value is -2.23. The van der Waals surface area contributed by atoms with E-state index < -0.39 is 30.1 Å². The number of nitrogens with one attached hydrogen (secondary N) is 2. The lowest BCUT2D eigenvalue weighted by atomic mass is 10.1. The highest BCUT2D eigenvalue weighted by Gasteiger charge is 2.20. The Labute approximate surface area is 157 Å². The van der Waals surface area contributed by atoms with Crippen molar-refractivity contribution in [2.45, 2.75) is 51.2 Å². The molecule has 152 valence electrons. The van der Waals surface area contributed by atoms with Crippen LogP contribution in [-0.2, 0) is 16.0 Å². The molecule has 4 N–H and O–H groups in total. The molecule has 0 bridgehead atoms. The second-order valence-electron chi connectivity index (χ2n) is 6.22. The third kappa shape index (κ3) is 7.90. The molecule has 1 aromatic rings. The highest BCUT2D eigenvalue weighted by atomic mass is 16.5. The number of ether oxygens (including phenoxy) is 1. The number of hydrogen-bond acceptors (Lipinski definition) is 6. The molecule has 0 fully saturated rings. The van der Waals surface area contributed by atoms with Gasteiger partial charge in [0.15, 0.2) is 0 Å². The van der Waals surface area contributed by atoms with Crippen LogP contribution in [0.15, 0.2) is 21.9 Å². The van der Waals surface area contributed by atoms with Crippen LogP contribution in [-0.4, -0.2) is 58.1 Å². The van der Waals surface area contributed by atoms with Crippen molar-refractivity contribution in [3.05, 3.63) is 38.7 Å². The lowest BCUT2D eigenvalue weighted by Gasteiger charge is -2.19. The van der Waals surface area contributed by atoms with Crippen molar-refractivity contribution in [1.82, 2.24) is 14.9 Å². The Morgan fingerprint density at radius 2 is 2.11 bits per heavy atom. The fourth-order valence-electron chi connectivity index (χ4n) is 2.46. The van der Waals surface area contributed by atoms with E-state index in [0.717, 1.165) is 30.3 Å². The summed E-state index contributed by atoms with van der Waals surface area (Å²) in [5.41, 5.74) is -1.21. The fourth-order valence-corrected chi connectivity index (χ4v) is 2.46. The molecule has 0 radical (unpaired) electrons. The number of aromatic amines is 1. The summed E-state index contributed by atoms with van der Waals surface area (Å²) in [6.45, 7) is 2.25. The first kappa shape index (κ1) is 22.8. The summed E-state index contributed by atoms with van der Waals surface area (Å²) in [6.07, 6.45) is 5.77. The standard InChI is InChI=1S/C18H29N3O6/c1-3-4-5-6-8-19-16(24)7-9-21-11-13(17(25)20-18(21)26)10-14(23)15(12-22)27-2/h7,9,11,14-15,22-23H,3-6,8,10,12H2,1-2H3,(H,19,24)(H,20,25,26)/b9-7+. The maximum Gasteiger partial charge on any atom is 0.332 e. The third-order valence-electron chi connectivity index (χ3n) is 4.10. The van der Waals surface area contributed by atoms with Crippen LogP contribution in [0.5, 0.6) is 0 Å². The molecule has 1 aromatic heterocycles. The number of rotatable bonds is 12. The lowest BCUT2D eigenvalue weighted by Crippen LogP contribution is -2.37. The molecular weight excluding hydrogens is 354 g/mol. The molecule has 1 heterocycles. The SMILES string of the molecule is CCCCCCNC(=O)/C=C/n1cc(CC(O)C(CO)OC)c(=O)[nH]c1=O. The van der Waals surface area contributed by atoms with Gasteiger partial charge in [-0.1, -0.05) is 26.2 Å². The predicted octanol–water partition coefficient (Wildman–Crippen LogP) is -0.385. The van der Waals surface area contributed by atoms with Crippen LogP contribution < -0.4 is 16.6 Å². The quantitative estimate of drug-likeness (QED) is 0.287. The van der Waals surface area contributed by atoms with Crippen molar-refractivity contribution in [2.24, 2.45) is 0 Å². The van der Waals surface area contributed by atoms with Crippen molar-refractivity contribution in [3.8, 4) is 0 Å². The maximum atomic E-state index is 11.9. The number of carbonyl (C=O) groups excluding carboxylic acids is 1. The molecular formula is C18H29N3O6. The van der Waals surface area contributed by atoms with Crippen LogP contribution >= 0.6 is 0 Å². The van der Waals surface area contributed by atoms with E-state index in [1.165, 1.54) is 25.6 Å². The highest BCUT2D eigenvalue weighted by Crippen LogP contribution is 2.04. The summed E-state index contributed by atoms with van der Waals surface area (Å²) in [5, 5.41) is 21.9. The number of aliphatic hydroxyl groups excluding tert-OH is 2. The predicted molar refractivity (Wildman–Crippen MR) is 101 cm³/mol. The minimum absolute atomic E-state index is 0.119. The number of H-pyrrole nitrogens is 1. The topological polar surface area (TPSA) is 134 Å². The van der Waals surface area contributed by atoms with Gasteiger partial charge in [-0.15, -0.1) is 0 Å². The zero-order valence-electron chi connectivity index (χ0n) is 15.8. The van der Waals surface area contributed by atoms with E-state index in [1.807, 2.05) is 0 Å². The molecule has 0 saturated heterocycles. The molecule has 0 aliphatic rings. The molecule has 0 spiro atoms. The summed E-state index contributed by atoms with van der Waals surface area (Å²) in [5.74, 6) is -0.342. The molecule has 1 rings (SSSR count). The molecule has 9 nitrogen and oxygen atoms in total. The summed E-state index contributed by atoms with van der Waals surface area (Å²) < 4.78 is 5.98. The Kier molecular flexibility index (Phi) is 10.3. The number of unbranched alkanes of at least 4 members (excludes halogenated alkanes) is 3. The summed E-state index contributed by atoms with van der Waals surface area (Å²) in [7, 11) is 1.33. The highest BCUT2D eigenvalue weighted by molar-refractivity contribution is 5.89. The molecule has 27 heavy (non-hydrogen) atoms. The maximum absolute atomic E-state index is 11.9. The van der Waals surface area contributed by atoms with Crippen LogP contribution in [0.2, 0.25) is 0 Å². The fraction of sp³-hybridized carbons (Fsp3) is 0.611. The van der Waals surface area contributed by atoms with Gasteiger partial charge in [0.1, 0.15) is 6.10 Å². The number of amides is 1. The van der Waals surface area contributed by atoms with Crippen molar-refractivity contribution in [2.75, 3.05) is 20.3 Å². The van der Waals surface area contributed by atoms with Gasteiger partial charge in [-0.05, 0) is 6.42 Å². The number of hydrogen-bond donors (Lipinski definition) is 4. The third-order valence-corrected chi connectivity index (χ3v) is 4.10. The zero-order valence-corrected chi connectivity index (χ0v) is 15.8. The molecule has 1 amide bonds. The smallest absolute Gasteiger partial charge is 0.332 e. The van der Waals surface area contributed by atoms with Crippen LogP contribution in [0.1, 0.15) is 38.2 Å². The van der Waals surface area contributed by atoms with Gasteiger partial charge in [-0.3, -0.25) is 19.1 Å². The van der Waals surface area contributed by atoms with Crippen molar-refractivity contribution >= 4 is 12.1 Å². The van der Waals surface area contributed by atoms with E-state index in [0.29, 0.717) is 6.54 Å². The van der Waals surface area contributed by atoms with Crippen molar-refractivity contribution in [3.63, 3.8) is 0 Å². The van der Waals surface area contributed by atoms with E-state index in [9.17, 15) is 19.5 Å². The van der Waals surface area contributed by atoms with Gasteiger partial charge < -0.3 is 20.3 Å². The largest absolute Gasteiger partial charge is 0.394 e. The normalized spacial score (nSPS) is 13.6. The number of aliphatic hydroxyl groups is 2. The van der Waals surface area contributed by atoms with Gasteiger partial charge in [-0.2, -0.15) is 0 Å². The van der Waals surface area contributed by atoms with Crippen LogP contribution in [0.3, 0.4) is 0 Å². The number of carbonyl (C=O) groups is 1. The van der Waals surface area contributed by atoms with E-state index in [-0.39, 0.29) is 17.9 Å². The molecule has 0 aliphatic heterocycles.